The molecular weight excluding hydrogens is 503 g/mol. The molecule has 3 aliphatic rings. The van der Waals surface area contributed by atoms with Crippen LogP contribution in [0.1, 0.15) is 64.6 Å². The topological polar surface area (TPSA) is 100 Å². The number of hydrogen-bond donors (Lipinski definition) is 1. The second-order valence-corrected chi connectivity index (χ2v) is 12.1. The summed E-state index contributed by atoms with van der Waals surface area (Å²) in [4.78, 5) is 46.5. The molecule has 11 heteroatoms. The molecule has 5 heterocycles. The van der Waals surface area contributed by atoms with Crippen molar-refractivity contribution in [2.75, 3.05) is 44.2 Å². The molecule has 4 amide bonds. The first-order chi connectivity index (χ1) is 18.4. The average Bonchev–Trinajstić information content (AvgIpc) is 3.26. The zero-order valence-electron chi connectivity index (χ0n) is 23.3. The molecule has 5 rings (SSSR count). The summed E-state index contributed by atoms with van der Waals surface area (Å²) in [6, 6.07) is 3.83. The Balaban J connectivity index is 1.17. The summed E-state index contributed by atoms with van der Waals surface area (Å²) in [7, 11) is 0. The Bertz CT molecular complexity index is 1250. The Labute approximate surface area is 228 Å². The molecule has 3 fully saturated rings. The van der Waals surface area contributed by atoms with E-state index >= 15 is 4.39 Å². The summed E-state index contributed by atoms with van der Waals surface area (Å²) >= 11 is 0. The zero-order chi connectivity index (χ0) is 27.9. The summed E-state index contributed by atoms with van der Waals surface area (Å²) in [6.45, 7) is 10.5. The van der Waals surface area contributed by atoms with Crippen LogP contribution in [-0.2, 0) is 9.53 Å². The van der Waals surface area contributed by atoms with Gasteiger partial charge >= 0.3 is 12.1 Å². The number of piperidine rings is 2. The van der Waals surface area contributed by atoms with Gasteiger partial charge in [-0.1, -0.05) is 0 Å². The smallest absolute Gasteiger partial charge is 0.410 e. The maximum atomic E-state index is 15.7. The number of imide groups is 1. The van der Waals surface area contributed by atoms with Crippen LogP contribution < -0.4 is 10.2 Å². The number of halogens is 1. The second kappa shape index (κ2) is 10.4. The first kappa shape index (κ1) is 27.4. The van der Waals surface area contributed by atoms with Crippen molar-refractivity contribution in [1.82, 2.24) is 24.7 Å². The van der Waals surface area contributed by atoms with Crippen molar-refractivity contribution in [3.05, 3.63) is 24.0 Å². The molecule has 0 spiro atoms. The van der Waals surface area contributed by atoms with Crippen LogP contribution in [0.3, 0.4) is 0 Å². The van der Waals surface area contributed by atoms with Crippen molar-refractivity contribution in [2.24, 2.45) is 0 Å². The summed E-state index contributed by atoms with van der Waals surface area (Å²) < 4.78 is 23.4. The number of aromatic nitrogens is 2. The highest BCUT2D eigenvalue weighted by atomic mass is 19.1. The first-order valence-corrected chi connectivity index (χ1v) is 13.9. The molecule has 2 aromatic heterocycles. The average molecular weight is 543 g/mol. The van der Waals surface area contributed by atoms with E-state index in [0.29, 0.717) is 44.7 Å². The van der Waals surface area contributed by atoms with E-state index in [1.165, 1.54) is 0 Å². The van der Waals surface area contributed by atoms with Gasteiger partial charge in [0.15, 0.2) is 0 Å². The lowest BCUT2D eigenvalue weighted by Gasteiger charge is -2.41. The molecule has 0 saturated carbocycles. The molecule has 3 aliphatic heterocycles. The molecule has 0 radical (unpaired) electrons. The number of amides is 4. The van der Waals surface area contributed by atoms with Gasteiger partial charge < -0.3 is 19.1 Å². The Kier molecular flexibility index (Phi) is 7.30. The van der Waals surface area contributed by atoms with Crippen molar-refractivity contribution in [3.63, 3.8) is 0 Å². The number of nitrogens with one attached hydrogen (secondary N) is 1. The third-order valence-corrected chi connectivity index (χ3v) is 7.97. The Morgan fingerprint density at radius 1 is 1.15 bits per heavy atom. The van der Waals surface area contributed by atoms with Gasteiger partial charge in [-0.2, -0.15) is 0 Å². The van der Waals surface area contributed by atoms with E-state index < -0.39 is 17.3 Å². The van der Waals surface area contributed by atoms with E-state index in [4.69, 9.17) is 9.72 Å². The number of likely N-dealkylation sites (tertiary alicyclic amines) is 2. The Morgan fingerprint density at radius 2 is 1.85 bits per heavy atom. The molecule has 39 heavy (non-hydrogen) atoms. The highest BCUT2D eigenvalue weighted by molar-refractivity contribution is 6.06. The molecule has 3 saturated heterocycles. The number of carbonyl (C=O) groups is 3. The van der Waals surface area contributed by atoms with Crippen LogP contribution in [0.5, 0.6) is 0 Å². The fourth-order valence-corrected chi connectivity index (χ4v) is 5.85. The number of nitrogens with zero attached hydrogens (tertiary/aromatic N) is 5. The molecule has 212 valence electrons. The molecule has 0 bridgehead atoms. The number of ether oxygens (including phenoxy) is 1. The normalized spacial score (nSPS) is 21.4. The van der Waals surface area contributed by atoms with Gasteiger partial charge in [0.1, 0.15) is 16.9 Å². The molecule has 0 unspecified atom stereocenters. The van der Waals surface area contributed by atoms with Gasteiger partial charge in [0, 0.05) is 76.2 Å². The van der Waals surface area contributed by atoms with Crippen LogP contribution in [0.15, 0.2) is 18.3 Å². The minimum absolute atomic E-state index is 0.259. The molecule has 1 N–H and O–H groups in total. The SMILES string of the molecule is Cc1nc2c(ccn2C2CCN(CC3(F)CCN(C(=O)OC(C)(C)C)CC3)CC2)cc1N1CCC(=O)NC1=O. The van der Waals surface area contributed by atoms with Gasteiger partial charge in [0.05, 0.1) is 11.4 Å². The number of anilines is 1. The molecule has 10 nitrogen and oxygen atoms in total. The highest BCUT2D eigenvalue weighted by Crippen LogP contribution is 2.33. The van der Waals surface area contributed by atoms with E-state index in [1.54, 1.807) is 9.80 Å². The maximum Gasteiger partial charge on any atom is 0.410 e. The lowest BCUT2D eigenvalue weighted by Crippen LogP contribution is -2.51. The standard InChI is InChI=1S/C28H39FN6O4/c1-19-22(35-14-8-23(36)31-25(35)37)17-20-5-13-34(24(20)30-19)21-6-11-32(12-7-21)18-28(29)9-15-33(16-10-28)26(38)39-27(2,3)4/h5,13,17,21H,6-12,14-16,18H2,1-4H3,(H,31,36,37). The summed E-state index contributed by atoms with van der Waals surface area (Å²) in [5.74, 6) is -0.259. The Hall–Kier alpha value is -3.21. The van der Waals surface area contributed by atoms with Gasteiger partial charge in [0.25, 0.3) is 0 Å². The van der Waals surface area contributed by atoms with E-state index in [1.807, 2.05) is 46.0 Å². The lowest BCUT2D eigenvalue weighted by molar-refractivity contribution is -0.120. The lowest BCUT2D eigenvalue weighted by atomic mass is 9.91. The largest absolute Gasteiger partial charge is 0.444 e. The molecular formula is C28H39FN6O4. The van der Waals surface area contributed by atoms with E-state index in [0.717, 1.165) is 42.7 Å². The summed E-state index contributed by atoms with van der Waals surface area (Å²) in [5.41, 5.74) is 0.470. The monoisotopic (exact) mass is 542 g/mol. The fourth-order valence-electron chi connectivity index (χ4n) is 5.85. The number of fused-ring (bicyclic) bond motifs is 1. The van der Waals surface area contributed by atoms with Gasteiger partial charge in [-0.25, -0.2) is 19.0 Å². The molecule has 2 aromatic rings. The zero-order valence-corrected chi connectivity index (χ0v) is 23.3. The molecule has 0 aliphatic carbocycles. The van der Waals surface area contributed by atoms with E-state index in [2.05, 4.69) is 14.8 Å². The van der Waals surface area contributed by atoms with Crippen molar-refractivity contribution in [3.8, 4) is 0 Å². The van der Waals surface area contributed by atoms with Gasteiger partial charge in [0.2, 0.25) is 5.91 Å². The van der Waals surface area contributed by atoms with E-state index in [-0.39, 0.29) is 24.5 Å². The van der Waals surface area contributed by atoms with Crippen molar-refractivity contribution < 1.29 is 23.5 Å². The first-order valence-electron chi connectivity index (χ1n) is 13.9. The summed E-state index contributed by atoms with van der Waals surface area (Å²) in [6.07, 6.45) is 4.38. The van der Waals surface area contributed by atoms with Crippen molar-refractivity contribution in [1.29, 1.82) is 0 Å². The maximum absolute atomic E-state index is 15.7. The van der Waals surface area contributed by atoms with Crippen LogP contribution in [0.2, 0.25) is 0 Å². The quantitative estimate of drug-likeness (QED) is 0.623. The highest BCUT2D eigenvalue weighted by Gasteiger charge is 2.39. The summed E-state index contributed by atoms with van der Waals surface area (Å²) in [5, 5.41) is 3.32. The van der Waals surface area contributed by atoms with Crippen molar-refractivity contribution >= 4 is 34.8 Å². The van der Waals surface area contributed by atoms with Crippen LogP contribution in [-0.4, -0.2) is 87.9 Å². The van der Waals surface area contributed by atoms with Crippen LogP contribution in [0.4, 0.5) is 19.7 Å². The van der Waals surface area contributed by atoms with E-state index in [9.17, 15) is 14.4 Å². The number of hydrogen-bond acceptors (Lipinski definition) is 6. The minimum atomic E-state index is -1.30. The van der Waals surface area contributed by atoms with Gasteiger partial charge in [-0.3, -0.25) is 15.0 Å². The van der Waals surface area contributed by atoms with Crippen LogP contribution >= 0.6 is 0 Å². The minimum Gasteiger partial charge on any atom is -0.444 e. The van der Waals surface area contributed by atoms with Gasteiger partial charge in [-0.05, 0) is 52.7 Å². The predicted octanol–water partition coefficient (Wildman–Crippen LogP) is 4.17. The number of alkyl halides is 1. The van der Waals surface area contributed by atoms with Crippen LogP contribution in [0, 0.1) is 6.92 Å². The number of carbonyl (C=O) groups excluding carboxylic acids is 3. The van der Waals surface area contributed by atoms with Crippen LogP contribution in [0.25, 0.3) is 11.0 Å². The predicted molar refractivity (Wildman–Crippen MR) is 146 cm³/mol. The number of rotatable bonds is 4. The third kappa shape index (κ3) is 6.03. The fraction of sp³-hybridized carbons (Fsp3) is 0.643. The molecule has 0 aromatic carbocycles. The Morgan fingerprint density at radius 3 is 2.49 bits per heavy atom. The number of urea groups is 1. The number of aryl methyl sites for hydroxylation is 1. The number of pyridine rings is 1. The molecule has 0 atom stereocenters. The second-order valence-electron chi connectivity index (χ2n) is 12.1. The van der Waals surface area contributed by atoms with Crippen molar-refractivity contribution in [2.45, 2.75) is 77.1 Å². The van der Waals surface area contributed by atoms with Gasteiger partial charge in [-0.15, -0.1) is 0 Å². The third-order valence-electron chi connectivity index (χ3n) is 7.97.